The molecule has 0 spiro atoms. The second-order valence-electron chi connectivity index (χ2n) is 6.11. The molecule has 3 aromatic rings. The Morgan fingerprint density at radius 3 is 2.73 bits per heavy atom. The van der Waals surface area contributed by atoms with Gasteiger partial charge in [-0.15, -0.1) is 27.0 Å². The van der Waals surface area contributed by atoms with Gasteiger partial charge in [-0.1, -0.05) is 41.3 Å². The summed E-state index contributed by atoms with van der Waals surface area (Å²) in [6, 6.07) is 7.41. The minimum absolute atomic E-state index is 0.162. The van der Waals surface area contributed by atoms with Crippen LogP contribution in [0.1, 0.15) is 23.9 Å². The minimum atomic E-state index is -0.388. The monoisotopic (exact) mass is 446 g/mol. The first kappa shape index (κ1) is 21.8. The summed E-state index contributed by atoms with van der Waals surface area (Å²) in [4.78, 5) is 12.2. The fourth-order valence-electron chi connectivity index (χ4n) is 2.60. The van der Waals surface area contributed by atoms with Gasteiger partial charge >= 0.3 is 0 Å². The van der Waals surface area contributed by atoms with Crippen LogP contribution in [0.25, 0.3) is 0 Å². The highest BCUT2D eigenvalue weighted by Crippen LogP contribution is 2.31. The van der Waals surface area contributed by atoms with Crippen molar-refractivity contribution in [3.05, 3.63) is 47.8 Å². The largest absolute Gasteiger partial charge is 0.493 e. The van der Waals surface area contributed by atoms with Gasteiger partial charge < -0.3 is 9.47 Å². The summed E-state index contributed by atoms with van der Waals surface area (Å²) in [5, 5.41) is 20.9. The van der Waals surface area contributed by atoms with Gasteiger partial charge in [0.15, 0.2) is 28.6 Å². The Hall–Kier alpha value is -2.92. The molecule has 0 bridgehead atoms. The molecule has 9 nitrogen and oxygen atoms in total. The number of para-hydroxylation sites is 2. The van der Waals surface area contributed by atoms with E-state index in [1.54, 1.807) is 13.2 Å². The topological polar surface area (TPSA) is 104 Å². The van der Waals surface area contributed by atoms with E-state index in [0.29, 0.717) is 34.2 Å². The summed E-state index contributed by atoms with van der Waals surface area (Å²) < 4.78 is 13.3. The molecule has 1 N–H and O–H groups in total. The van der Waals surface area contributed by atoms with E-state index < -0.39 is 0 Å². The maximum absolute atomic E-state index is 12.2. The van der Waals surface area contributed by atoms with Gasteiger partial charge in [0.2, 0.25) is 11.0 Å². The van der Waals surface area contributed by atoms with Gasteiger partial charge in [-0.2, -0.15) is 0 Å². The number of hydrogen-bond donors (Lipinski definition) is 1. The smallest absolute Gasteiger partial charge is 0.236 e. The Bertz CT molecular complexity index is 1020. The summed E-state index contributed by atoms with van der Waals surface area (Å²) in [6.07, 6.45) is 1.36. The average Bonchev–Trinajstić information content (AvgIpc) is 3.33. The SMILES string of the molecule is C=CCn1c(SCC(=O)Nc2nnc(C)s2)nnc1C(C)Oc1ccccc1OC. The van der Waals surface area contributed by atoms with Gasteiger partial charge in [0, 0.05) is 6.54 Å². The van der Waals surface area contributed by atoms with E-state index in [2.05, 4.69) is 32.3 Å². The molecule has 1 amide bonds. The fraction of sp³-hybridized carbons (Fsp3) is 0.316. The number of benzene rings is 1. The van der Waals surface area contributed by atoms with Crippen molar-refractivity contribution in [2.75, 3.05) is 18.2 Å². The summed E-state index contributed by atoms with van der Waals surface area (Å²) in [6.45, 7) is 8.00. The molecule has 1 unspecified atom stereocenters. The molecule has 1 aromatic carbocycles. The zero-order valence-electron chi connectivity index (χ0n) is 16.9. The summed E-state index contributed by atoms with van der Waals surface area (Å²) in [5.41, 5.74) is 0. The third-order valence-corrected chi connectivity index (χ3v) is 5.62. The predicted molar refractivity (Wildman–Crippen MR) is 116 cm³/mol. The molecule has 0 aliphatic carbocycles. The van der Waals surface area contributed by atoms with Gasteiger partial charge in [0.25, 0.3) is 0 Å². The van der Waals surface area contributed by atoms with Gasteiger partial charge in [-0.25, -0.2) is 0 Å². The Labute approximate surface area is 182 Å². The van der Waals surface area contributed by atoms with Crippen molar-refractivity contribution in [2.45, 2.75) is 31.7 Å². The van der Waals surface area contributed by atoms with Crippen LogP contribution in [-0.4, -0.2) is 43.7 Å². The number of nitrogens with one attached hydrogen (secondary N) is 1. The minimum Gasteiger partial charge on any atom is -0.493 e. The lowest BCUT2D eigenvalue weighted by Crippen LogP contribution is -2.15. The highest BCUT2D eigenvalue weighted by Gasteiger charge is 2.21. The number of methoxy groups -OCH3 is 1. The number of amides is 1. The number of nitrogens with zero attached hydrogens (tertiary/aromatic N) is 5. The summed E-state index contributed by atoms with van der Waals surface area (Å²) >= 11 is 2.60. The van der Waals surface area contributed by atoms with E-state index in [9.17, 15) is 4.79 Å². The zero-order chi connectivity index (χ0) is 21.5. The van der Waals surface area contributed by atoms with Crippen LogP contribution in [0, 0.1) is 6.92 Å². The third kappa shape index (κ3) is 5.36. The van der Waals surface area contributed by atoms with Crippen LogP contribution in [0.3, 0.4) is 0 Å². The Balaban J connectivity index is 1.69. The number of aryl methyl sites for hydroxylation is 1. The number of rotatable bonds is 10. The zero-order valence-corrected chi connectivity index (χ0v) is 18.5. The van der Waals surface area contributed by atoms with Gasteiger partial charge in [-0.05, 0) is 26.0 Å². The number of carbonyl (C=O) groups excluding carboxylic acids is 1. The molecule has 11 heteroatoms. The molecule has 0 saturated carbocycles. The van der Waals surface area contributed by atoms with Crippen molar-refractivity contribution < 1.29 is 14.3 Å². The van der Waals surface area contributed by atoms with E-state index in [1.807, 2.05) is 42.7 Å². The number of carbonyl (C=O) groups is 1. The highest BCUT2D eigenvalue weighted by molar-refractivity contribution is 7.99. The standard InChI is InChI=1S/C19H22N6O3S2/c1-5-10-25-17(12(2)28-15-9-7-6-8-14(15)27-4)22-24-19(25)29-11-16(26)20-18-23-21-13(3)30-18/h5-9,12H,1,10-11H2,2-4H3,(H,20,23,26). The quantitative estimate of drug-likeness (QED) is 0.373. The Kier molecular flexibility index (Phi) is 7.41. The molecule has 158 valence electrons. The first-order chi connectivity index (χ1) is 14.5. The molecule has 0 saturated heterocycles. The van der Waals surface area contributed by atoms with E-state index in [-0.39, 0.29) is 17.8 Å². The van der Waals surface area contributed by atoms with E-state index in [4.69, 9.17) is 9.47 Å². The molecule has 2 aromatic heterocycles. The second kappa shape index (κ2) is 10.2. The lowest BCUT2D eigenvalue weighted by molar-refractivity contribution is -0.113. The van der Waals surface area contributed by atoms with Gasteiger partial charge in [0.1, 0.15) is 5.01 Å². The van der Waals surface area contributed by atoms with Gasteiger partial charge in [-0.3, -0.25) is 14.7 Å². The molecule has 0 aliphatic rings. The van der Waals surface area contributed by atoms with E-state index >= 15 is 0 Å². The number of allylic oxidation sites excluding steroid dienone is 1. The highest BCUT2D eigenvalue weighted by atomic mass is 32.2. The summed E-state index contributed by atoms with van der Waals surface area (Å²) in [7, 11) is 1.59. The average molecular weight is 447 g/mol. The predicted octanol–water partition coefficient (Wildman–Crippen LogP) is 3.50. The van der Waals surface area contributed by atoms with E-state index in [1.165, 1.54) is 23.1 Å². The molecule has 0 fully saturated rings. The number of hydrogen-bond acceptors (Lipinski definition) is 9. The van der Waals surface area contributed by atoms with Crippen LogP contribution >= 0.6 is 23.1 Å². The third-order valence-electron chi connectivity index (χ3n) is 3.90. The van der Waals surface area contributed by atoms with Crippen molar-refractivity contribution in [1.82, 2.24) is 25.0 Å². The number of anilines is 1. The van der Waals surface area contributed by atoms with Crippen molar-refractivity contribution >= 4 is 34.1 Å². The molecule has 30 heavy (non-hydrogen) atoms. The Morgan fingerprint density at radius 1 is 1.30 bits per heavy atom. The van der Waals surface area contributed by atoms with Gasteiger partial charge in [0.05, 0.1) is 12.9 Å². The normalized spacial score (nSPS) is 11.7. The van der Waals surface area contributed by atoms with Crippen molar-refractivity contribution in [2.24, 2.45) is 0 Å². The molecule has 0 aliphatic heterocycles. The van der Waals surface area contributed by atoms with Crippen molar-refractivity contribution in [1.29, 1.82) is 0 Å². The van der Waals surface area contributed by atoms with Crippen molar-refractivity contribution in [3.8, 4) is 11.5 Å². The van der Waals surface area contributed by atoms with Crippen LogP contribution < -0.4 is 14.8 Å². The fourth-order valence-corrected chi connectivity index (χ4v) is 3.96. The molecular weight excluding hydrogens is 424 g/mol. The lowest BCUT2D eigenvalue weighted by Gasteiger charge is -2.17. The first-order valence-corrected chi connectivity index (χ1v) is 10.9. The number of thioether (sulfide) groups is 1. The Morgan fingerprint density at radius 2 is 2.07 bits per heavy atom. The van der Waals surface area contributed by atoms with Crippen LogP contribution in [-0.2, 0) is 11.3 Å². The van der Waals surface area contributed by atoms with Crippen LogP contribution in [0.4, 0.5) is 5.13 Å². The number of ether oxygens (including phenoxy) is 2. The van der Waals surface area contributed by atoms with Crippen LogP contribution in [0.2, 0.25) is 0 Å². The van der Waals surface area contributed by atoms with Crippen LogP contribution in [0.15, 0.2) is 42.1 Å². The second-order valence-corrected chi connectivity index (χ2v) is 8.24. The molecular formula is C19H22N6O3S2. The number of aromatic nitrogens is 5. The lowest BCUT2D eigenvalue weighted by atomic mass is 10.3. The maximum atomic E-state index is 12.2. The molecule has 0 radical (unpaired) electrons. The van der Waals surface area contributed by atoms with E-state index in [0.717, 1.165) is 5.01 Å². The van der Waals surface area contributed by atoms with Crippen LogP contribution in [0.5, 0.6) is 11.5 Å². The maximum Gasteiger partial charge on any atom is 0.236 e. The molecule has 3 rings (SSSR count). The molecule has 1 atom stereocenters. The first-order valence-electron chi connectivity index (χ1n) is 9.08. The van der Waals surface area contributed by atoms with Crippen molar-refractivity contribution in [3.63, 3.8) is 0 Å². The summed E-state index contributed by atoms with van der Waals surface area (Å²) in [5.74, 6) is 1.85. The molecule has 2 heterocycles.